The van der Waals surface area contributed by atoms with E-state index in [0.29, 0.717) is 5.88 Å². The van der Waals surface area contributed by atoms with Crippen LogP contribution < -0.4 is 0 Å². The van der Waals surface area contributed by atoms with Crippen molar-refractivity contribution in [3.05, 3.63) is 70.8 Å². The topological polar surface area (TPSA) is 3.24 Å². The maximum atomic E-state index is 5.96. The first kappa shape index (κ1) is 15.1. The van der Waals surface area contributed by atoms with E-state index in [9.17, 15) is 0 Å². The first-order valence-corrected chi connectivity index (χ1v) is 7.61. The van der Waals surface area contributed by atoms with E-state index in [2.05, 4.69) is 67.3 Å². The van der Waals surface area contributed by atoms with Crippen molar-refractivity contribution in [1.29, 1.82) is 0 Å². The molecule has 0 saturated heterocycles. The maximum absolute atomic E-state index is 5.96. The van der Waals surface area contributed by atoms with E-state index in [-0.39, 0.29) is 0 Å². The fraction of sp³-hybridized carbons (Fsp3) is 0.333. The molecule has 0 heterocycles. The monoisotopic (exact) mass is 287 g/mol. The van der Waals surface area contributed by atoms with Crippen LogP contribution in [-0.2, 0) is 13.1 Å². The smallest absolute Gasteiger partial charge is 0.0351 e. The van der Waals surface area contributed by atoms with Crippen molar-refractivity contribution in [3.63, 3.8) is 0 Å². The average Bonchev–Trinajstić information content (AvgIpc) is 2.44. The molecule has 0 unspecified atom stereocenters. The highest BCUT2D eigenvalue weighted by Crippen LogP contribution is 2.15. The first-order valence-electron chi connectivity index (χ1n) is 7.07. The number of rotatable bonds is 6. The predicted molar refractivity (Wildman–Crippen MR) is 87.2 cm³/mol. The average molecular weight is 288 g/mol. The fourth-order valence-corrected chi connectivity index (χ4v) is 2.63. The second-order valence-corrected chi connectivity index (χ2v) is 5.69. The maximum Gasteiger partial charge on any atom is 0.0351 e. The molecule has 106 valence electrons. The van der Waals surface area contributed by atoms with Gasteiger partial charge in [-0.15, -0.1) is 11.6 Å². The molecule has 0 spiro atoms. The van der Waals surface area contributed by atoms with Crippen LogP contribution in [0.1, 0.15) is 22.3 Å². The lowest BCUT2D eigenvalue weighted by Gasteiger charge is -2.22. The second-order valence-electron chi connectivity index (χ2n) is 5.32. The molecule has 0 amide bonds. The van der Waals surface area contributed by atoms with Gasteiger partial charge in [-0.3, -0.25) is 4.90 Å². The van der Waals surface area contributed by atoms with Crippen molar-refractivity contribution >= 4 is 11.6 Å². The van der Waals surface area contributed by atoms with E-state index >= 15 is 0 Å². The Morgan fingerprint density at radius 2 is 1.70 bits per heavy atom. The molecule has 0 fully saturated rings. The minimum atomic E-state index is 0.664. The highest BCUT2D eigenvalue weighted by atomic mass is 35.5. The summed E-state index contributed by atoms with van der Waals surface area (Å²) in [5, 5.41) is 0. The molecule has 0 aliphatic carbocycles. The van der Waals surface area contributed by atoms with E-state index in [1.54, 1.807) is 0 Å². The molecule has 0 N–H and O–H groups in total. The summed E-state index contributed by atoms with van der Waals surface area (Å²) < 4.78 is 0. The molecule has 1 nitrogen and oxygen atoms in total. The molecule has 0 aliphatic heterocycles. The molecule has 2 aromatic carbocycles. The van der Waals surface area contributed by atoms with Crippen molar-refractivity contribution in [1.82, 2.24) is 4.90 Å². The van der Waals surface area contributed by atoms with Gasteiger partial charge in [-0.2, -0.15) is 0 Å². The zero-order valence-corrected chi connectivity index (χ0v) is 13.0. The molecular formula is C18H22ClN. The van der Waals surface area contributed by atoms with Gasteiger partial charge in [-0.1, -0.05) is 54.1 Å². The fourth-order valence-electron chi connectivity index (χ4n) is 2.39. The number of aryl methyl sites for hydroxylation is 2. The first-order chi connectivity index (χ1) is 9.69. The third-order valence-electron chi connectivity index (χ3n) is 3.55. The van der Waals surface area contributed by atoms with Gasteiger partial charge < -0.3 is 0 Å². The molecule has 0 saturated carbocycles. The Morgan fingerprint density at radius 3 is 2.40 bits per heavy atom. The third kappa shape index (κ3) is 4.36. The number of hydrogen-bond acceptors (Lipinski definition) is 1. The Bertz CT molecular complexity index is 536. The Balaban J connectivity index is 2.11. The largest absolute Gasteiger partial charge is 0.294 e. The highest BCUT2D eigenvalue weighted by Gasteiger charge is 2.08. The van der Waals surface area contributed by atoms with E-state index in [0.717, 1.165) is 19.6 Å². The van der Waals surface area contributed by atoms with Crippen LogP contribution in [0.5, 0.6) is 0 Å². The number of nitrogens with zero attached hydrogens (tertiary/aromatic N) is 1. The summed E-state index contributed by atoms with van der Waals surface area (Å²) in [4.78, 5) is 2.41. The van der Waals surface area contributed by atoms with Crippen molar-refractivity contribution in [2.45, 2.75) is 26.9 Å². The lowest BCUT2D eigenvalue weighted by molar-refractivity contribution is 0.272. The Morgan fingerprint density at radius 1 is 0.950 bits per heavy atom. The van der Waals surface area contributed by atoms with Gasteiger partial charge in [-0.05, 0) is 30.5 Å². The van der Waals surface area contributed by atoms with Crippen LogP contribution in [0.25, 0.3) is 0 Å². The van der Waals surface area contributed by atoms with Crippen LogP contribution in [0.3, 0.4) is 0 Å². The molecule has 2 heteroatoms. The van der Waals surface area contributed by atoms with Gasteiger partial charge in [0.05, 0.1) is 0 Å². The van der Waals surface area contributed by atoms with Gasteiger partial charge in [0.15, 0.2) is 0 Å². The molecule has 0 radical (unpaired) electrons. The van der Waals surface area contributed by atoms with Crippen LogP contribution >= 0.6 is 11.6 Å². The summed E-state index contributed by atoms with van der Waals surface area (Å²) in [6.07, 6.45) is 0. The van der Waals surface area contributed by atoms with Crippen LogP contribution in [0.15, 0.2) is 48.5 Å². The van der Waals surface area contributed by atoms with E-state index in [4.69, 9.17) is 11.6 Å². The summed E-state index contributed by atoms with van der Waals surface area (Å²) in [5.41, 5.74) is 5.40. The second kappa shape index (κ2) is 7.47. The zero-order chi connectivity index (χ0) is 14.4. The predicted octanol–water partition coefficient (Wildman–Crippen LogP) is 4.54. The minimum Gasteiger partial charge on any atom is -0.294 e. The standard InChI is InChI=1S/C18H22ClN/c1-15-8-9-16(2)18(12-15)14-20(11-10-19)13-17-6-4-3-5-7-17/h3-9,12H,10-11,13-14H2,1-2H3. The zero-order valence-electron chi connectivity index (χ0n) is 12.3. The van der Waals surface area contributed by atoms with Crippen molar-refractivity contribution in [2.24, 2.45) is 0 Å². The van der Waals surface area contributed by atoms with Crippen LogP contribution in [0, 0.1) is 13.8 Å². The van der Waals surface area contributed by atoms with Crippen LogP contribution in [0.2, 0.25) is 0 Å². The Hall–Kier alpha value is -1.31. The molecule has 0 aliphatic rings. The SMILES string of the molecule is Cc1ccc(C)c(CN(CCCl)Cc2ccccc2)c1. The molecule has 0 bridgehead atoms. The molecule has 2 rings (SSSR count). The van der Waals surface area contributed by atoms with E-state index in [1.165, 1.54) is 22.3 Å². The lowest BCUT2D eigenvalue weighted by Crippen LogP contribution is -2.25. The number of hydrogen-bond donors (Lipinski definition) is 0. The number of halogens is 1. The van der Waals surface area contributed by atoms with Gasteiger partial charge in [0.2, 0.25) is 0 Å². The minimum absolute atomic E-state index is 0.664. The summed E-state index contributed by atoms with van der Waals surface area (Å²) >= 11 is 5.96. The van der Waals surface area contributed by atoms with Gasteiger partial charge in [0, 0.05) is 25.5 Å². The summed E-state index contributed by atoms with van der Waals surface area (Å²) in [6, 6.07) is 17.2. The quantitative estimate of drug-likeness (QED) is 0.705. The highest BCUT2D eigenvalue weighted by molar-refractivity contribution is 6.18. The number of benzene rings is 2. The van der Waals surface area contributed by atoms with Crippen molar-refractivity contribution < 1.29 is 0 Å². The molecule has 0 aromatic heterocycles. The molecule has 0 atom stereocenters. The van der Waals surface area contributed by atoms with Crippen molar-refractivity contribution in [2.75, 3.05) is 12.4 Å². The van der Waals surface area contributed by atoms with Gasteiger partial charge >= 0.3 is 0 Å². The normalized spacial score (nSPS) is 11.0. The Kier molecular flexibility index (Phi) is 5.63. The molecular weight excluding hydrogens is 266 g/mol. The molecule has 20 heavy (non-hydrogen) atoms. The van der Waals surface area contributed by atoms with Crippen LogP contribution in [0.4, 0.5) is 0 Å². The van der Waals surface area contributed by atoms with Crippen LogP contribution in [-0.4, -0.2) is 17.3 Å². The van der Waals surface area contributed by atoms with Gasteiger partial charge in [0.25, 0.3) is 0 Å². The van der Waals surface area contributed by atoms with E-state index < -0.39 is 0 Å². The Labute approximate surface area is 127 Å². The summed E-state index contributed by atoms with van der Waals surface area (Å²) in [7, 11) is 0. The lowest BCUT2D eigenvalue weighted by atomic mass is 10.0. The summed E-state index contributed by atoms with van der Waals surface area (Å²) in [6.45, 7) is 7.13. The van der Waals surface area contributed by atoms with Gasteiger partial charge in [0.1, 0.15) is 0 Å². The third-order valence-corrected chi connectivity index (χ3v) is 3.72. The summed E-state index contributed by atoms with van der Waals surface area (Å²) in [5.74, 6) is 0.664. The number of alkyl halides is 1. The van der Waals surface area contributed by atoms with Crippen molar-refractivity contribution in [3.8, 4) is 0 Å². The van der Waals surface area contributed by atoms with E-state index in [1.807, 2.05) is 0 Å². The molecule has 2 aromatic rings. The van der Waals surface area contributed by atoms with Gasteiger partial charge in [-0.25, -0.2) is 0 Å².